The molecule has 3 aliphatic rings. The molecule has 1 fully saturated rings. The molecule has 2 aliphatic heterocycles. The molecule has 2 heterocycles. The van der Waals surface area contributed by atoms with E-state index >= 15 is 0 Å². The first kappa shape index (κ1) is 12.3. The summed E-state index contributed by atoms with van der Waals surface area (Å²) in [5.74, 6) is 0.156. The molecular weight excluding hydrogens is 292 g/mol. The Bertz CT molecular complexity index is 871. The van der Waals surface area contributed by atoms with Crippen molar-refractivity contribution in [3.63, 3.8) is 0 Å². The monoisotopic (exact) mass is 304 g/mol. The second-order valence-electron chi connectivity index (χ2n) is 6.06. The van der Waals surface area contributed by atoms with Gasteiger partial charge in [-0.1, -0.05) is 42.1 Å². The summed E-state index contributed by atoms with van der Waals surface area (Å²) in [6, 6.07) is 18.3. The Morgan fingerprint density at radius 2 is 1.95 bits per heavy atom. The minimum absolute atomic E-state index is 0.0152. The summed E-state index contributed by atoms with van der Waals surface area (Å²) >= 11 is 1.76. The summed E-state index contributed by atoms with van der Waals surface area (Å²) in [5, 5.41) is 9.49. The van der Waals surface area contributed by atoms with Crippen molar-refractivity contribution in [1.82, 2.24) is 0 Å². The highest BCUT2D eigenvalue weighted by molar-refractivity contribution is 8.01. The van der Waals surface area contributed by atoms with Gasteiger partial charge in [-0.15, -0.1) is 0 Å². The Morgan fingerprint density at radius 3 is 2.82 bits per heavy atom. The predicted octanol–water partition coefficient (Wildman–Crippen LogP) is 3.78. The first-order valence-corrected chi connectivity index (χ1v) is 8.19. The van der Waals surface area contributed by atoms with Crippen molar-refractivity contribution in [2.45, 2.75) is 22.1 Å². The fourth-order valence-electron chi connectivity index (χ4n) is 4.16. The molecule has 1 amide bonds. The number of anilines is 1. The molecule has 2 aromatic carbocycles. The first-order chi connectivity index (χ1) is 10.8. The number of para-hydroxylation sites is 1. The van der Waals surface area contributed by atoms with Crippen LogP contribution in [0.15, 0.2) is 53.4 Å². The quantitative estimate of drug-likeness (QED) is 0.744. The van der Waals surface area contributed by atoms with Crippen molar-refractivity contribution in [1.29, 1.82) is 5.26 Å². The maximum absolute atomic E-state index is 13.1. The Labute approximate surface area is 132 Å². The van der Waals surface area contributed by atoms with Gasteiger partial charge in [0.05, 0.1) is 17.7 Å². The summed E-state index contributed by atoms with van der Waals surface area (Å²) in [6.45, 7) is 0. The van der Waals surface area contributed by atoms with Crippen LogP contribution in [0.25, 0.3) is 0 Å². The van der Waals surface area contributed by atoms with E-state index in [1.54, 1.807) is 11.8 Å². The van der Waals surface area contributed by atoms with E-state index < -0.39 is 0 Å². The fraction of sp³-hybridized carbons (Fsp3) is 0.222. The van der Waals surface area contributed by atoms with Gasteiger partial charge in [0.1, 0.15) is 4.87 Å². The largest absolute Gasteiger partial charge is 0.291 e. The average molecular weight is 304 g/mol. The number of hydrogen-bond acceptors (Lipinski definition) is 3. The SMILES string of the molecule is N#C[C@H]1C[C@@]23Sc4ccccc4N2C(=O)c2ccccc2[C@@H]13. The average Bonchev–Trinajstić information content (AvgIpc) is 2.88. The Kier molecular flexibility index (Phi) is 2.20. The number of amides is 1. The van der Waals surface area contributed by atoms with Crippen molar-refractivity contribution in [2.24, 2.45) is 5.92 Å². The Balaban J connectivity index is 1.79. The topological polar surface area (TPSA) is 44.1 Å². The van der Waals surface area contributed by atoms with E-state index in [9.17, 15) is 10.1 Å². The summed E-state index contributed by atoms with van der Waals surface area (Å²) in [6.07, 6.45) is 0.744. The molecule has 0 unspecified atom stereocenters. The van der Waals surface area contributed by atoms with E-state index in [1.165, 1.54) is 0 Å². The maximum atomic E-state index is 13.1. The molecule has 0 radical (unpaired) electrons. The third-order valence-corrected chi connectivity index (χ3v) is 6.59. The Morgan fingerprint density at radius 1 is 1.18 bits per heavy atom. The molecule has 1 aliphatic carbocycles. The number of nitriles is 1. The van der Waals surface area contributed by atoms with Gasteiger partial charge in [-0.05, 0) is 30.2 Å². The molecule has 0 aromatic heterocycles. The lowest BCUT2D eigenvalue weighted by molar-refractivity contribution is 0.0896. The normalized spacial score (nSPS) is 30.5. The molecule has 1 spiro atoms. The molecule has 22 heavy (non-hydrogen) atoms. The van der Waals surface area contributed by atoms with Crippen LogP contribution in [0.1, 0.15) is 28.3 Å². The minimum atomic E-state index is -0.296. The van der Waals surface area contributed by atoms with Gasteiger partial charge >= 0.3 is 0 Å². The van der Waals surface area contributed by atoms with Crippen LogP contribution in [-0.4, -0.2) is 10.8 Å². The molecule has 4 heteroatoms. The third kappa shape index (κ3) is 1.23. The maximum Gasteiger partial charge on any atom is 0.259 e. The van der Waals surface area contributed by atoms with E-state index in [0.717, 1.165) is 28.1 Å². The second-order valence-corrected chi connectivity index (χ2v) is 7.41. The standard InChI is InChI=1S/C18H12N2OS/c19-10-11-9-18-16(11)12-5-1-2-6-13(12)17(21)20(18)14-7-3-4-8-15(14)22-18/h1-8,11,16H,9H2/t11-,16-,18+/m1/s1. The van der Waals surface area contributed by atoms with Crippen molar-refractivity contribution >= 4 is 23.4 Å². The number of thioether (sulfide) groups is 1. The molecule has 0 bridgehead atoms. The first-order valence-electron chi connectivity index (χ1n) is 7.37. The van der Waals surface area contributed by atoms with Crippen LogP contribution < -0.4 is 4.90 Å². The van der Waals surface area contributed by atoms with Crippen LogP contribution in [0, 0.1) is 17.2 Å². The summed E-state index contributed by atoms with van der Waals surface area (Å²) in [5.41, 5.74) is 2.79. The van der Waals surface area contributed by atoms with Gasteiger partial charge in [0.25, 0.3) is 5.91 Å². The van der Waals surface area contributed by atoms with Gasteiger partial charge in [-0.3, -0.25) is 9.69 Å². The minimum Gasteiger partial charge on any atom is -0.291 e. The van der Waals surface area contributed by atoms with Gasteiger partial charge in [-0.2, -0.15) is 5.26 Å². The van der Waals surface area contributed by atoms with Crippen molar-refractivity contribution < 1.29 is 4.79 Å². The van der Waals surface area contributed by atoms with Crippen molar-refractivity contribution in [2.75, 3.05) is 4.90 Å². The molecule has 3 nitrogen and oxygen atoms in total. The van der Waals surface area contributed by atoms with Gasteiger partial charge < -0.3 is 0 Å². The summed E-state index contributed by atoms with van der Waals surface area (Å²) < 4.78 is 0. The predicted molar refractivity (Wildman–Crippen MR) is 84.7 cm³/mol. The number of carbonyl (C=O) groups excluding carboxylic acids is 1. The molecule has 0 N–H and O–H groups in total. The molecule has 2 aromatic rings. The fourth-order valence-corrected chi connectivity index (χ4v) is 5.91. The van der Waals surface area contributed by atoms with E-state index in [-0.39, 0.29) is 22.6 Å². The summed E-state index contributed by atoms with van der Waals surface area (Å²) in [4.78, 5) is 15.9. The van der Waals surface area contributed by atoms with Crippen LogP contribution in [0.4, 0.5) is 5.69 Å². The van der Waals surface area contributed by atoms with E-state index in [1.807, 2.05) is 47.4 Å². The van der Waals surface area contributed by atoms with E-state index in [0.29, 0.717) is 0 Å². The number of fused-ring (bicyclic) bond motifs is 4. The van der Waals surface area contributed by atoms with Gasteiger partial charge in [0, 0.05) is 16.4 Å². The highest BCUT2D eigenvalue weighted by atomic mass is 32.2. The zero-order valence-electron chi connectivity index (χ0n) is 11.7. The number of hydrogen-bond donors (Lipinski definition) is 0. The highest BCUT2D eigenvalue weighted by Gasteiger charge is 2.66. The molecule has 1 saturated carbocycles. The number of carbonyl (C=O) groups is 1. The van der Waals surface area contributed by atoms with E-state index in [4.69, 9.17) is 0 Å². The van der Waals surface area contributed by atoms with Crippen LogP contribution in [-0.2, 0) is 0 Å². The van der Waals surface area contributed by atoms with Gasteiger partial charge in [-0.25, -0.2) is 0 Å². The van der Waals surface area contributed by atoms with Crippen molar-refractivity contribution in [3.8, 4) is 6.07 Å². The third-order valence-electron chi connectivity index (χ3n) is 5.07. The Hall–Kier alpha value is -2.25. The van der Waals surface area contributed by atoms with E-state index in [2.05, 4.69) is 12.1 Å². The van der Waals surface area contributed by atoms with Crippen molar-refractivity contribution in [3.05, 3.63) is 59.7 Å². The zero-order chi connectivity index (χ0) is 14.9. The smallest absolute Gasteiger partial charge is 0.259 e. The van der Waals surface area contributed by atoms with Crippen LogP contribution in [0.5, 0.6) is 0 Å². The lowest BCUT2D eigenvalue weighted by Crippen LogP contribution is -2.63. The van der Waals surface area contributed by atoms with Crippen LogP contribution in [0.3, 0.4) is 0 Å². The second kappa shape index (κ2) is 3.93. The molecular formula is C18H12N2OS. The number of benzene rings is 2. The molecule has 3 atom stereocenters. The van der Waals surface area contributed by atoms with Crippen LogP contribution >= 0.6 is 11.8 Å². The van der Waals surface area contributed by atoms with Gasteiger partial charge in [0.2, 0.25) is 0 Å². The lowest BCUT2D eigenvalue weighted by atomic mass is 9.62. The number of rotatable bonds is 0. The summed E-state index contributed by atoms with van der Waals surface area (Å²) in [7, 11) is 0. The zero-order valence-corrected chi connectivity index (χ0v) is 12.5. The lowest BCUT2D eigenvalue weighted by Gasteiger charge is -2.57. The molecule has 0 saturated heterocycles. The molecule has 106 valence electrons. The number of nitrogens with zero attached hydrogens (tertiary/aromatic N) is 2. The van der Waals surface area contributed by atoms with Gasteiger partial charge in [0.15, 0.2) is 0 Å². The molecule has 5 rings (SSSR count). The van der Waals surface area contributed by atoms with Crippen LogP contribution in [0.2, 0.25) is 0 Å². The highest BCUT2D eigenvalue weighted by Crippen LogP contribution is 2.69.